The fourth-order valence-corrected chi connectivity index (χ4v) is 3.52. The molecule has 1 saturated heterocycles. The Morgan fingerprint density at radius 3 is 2.78 bits per heavy atom. The largest absolute Gasteiger partial charge is 0.496 e. The number of hydrogen-bond donors (Lipinski definition) is 0. The number of fused-ring (bicyclic) bond motifs is 1. The lowest BCUT2D eigenvalue weighted by molar-refractivity contribution is 0.149. The van der Waals surface area contributed by atoms with E-state index in [4.69, 9.17) is 4.74 Å². The quantitative estimate of drug-likeness (QED) is 0.794. The first-order valence-electron chi connectivity index (χ1n) is 7.27. The molecule has 18 heavy (non-hydrogen) atoms. The van der Waals surface area contributed by atoms with E-state index in [1.165, 1.54) is 62.7 Å². The molecule has 1 fully saturated rings. The lowest BCUT2D eigenvalue weighted by atomic mass is 9.86. The molecule has 1 aromatic rings. The summed E-state index contributed by atoms with van der Waals surface area (Å²) in [6.07, 6.45) is 7.90. The highest BCUT2D eigenvalue weighted by Gasteiger charge is 2.26. The molecule has 98 valence electrons. The van der Waals surface area contributed by atoms with E-state index in [1.807, 2.05) is 0 Å². The number of benzene rings is 1. The highest BCUT2D eigenvalue weighted by Crippen LogP contribution is 2.32. The molecular formula is C16H23NO. The molecule has 2 heteroatoms. The molecule has 0 radical (unpaired) electrons. The molecule has 1 heterocycles. The first kappa shape index (κ1) is 12.0. The second-order valence-corrected chi connectivity index (χ2v) is 5.59. The molecule has 2 aliphatic rings. The van der Waals surface area contributed by atoms with Crippen molar-refractivity contribution in [3.05, 3.63) is 29.3 Å². The van der Waals surface area contributed by atoms with Crippen LogP contribution in [0.1, 0.15) is 36.8 Å². The molecule has 1 atom stereocenters. The molecule has 1 aliphatic heterocycles. The van der Waals surface area contributed by atoms with Gasteiger partial charge in [0.25, 0.3) is 0 Å². The molecule has 0 spiro atoms. The van der Waals surface area contributed by atoms with Crippen molar-refractivity contribution in [3.63, 3.8) is 0 Å². The number of aryl methyl sites for hydroxylation is 1. The highest BCUT2D eigenvalue weighted by molar-refractivity contribution is 5.42. The lowest BCUT2D eigenvalue weighted by Crippen LogP contribution is -2.42. The van der Waals surface area contributed by atoms with Crippen molar-refractivity contribution in [2.24, 2.45) is 0 Å². The van der Waals surface area contributed by atoms with E-state index in [-0.39, 0.29) is 0 Å². The zero-order valence-corrected chi connectivity index (χ0v) is 11.3. The first-order chi connectivity index (χ1) is 8.88. The minimum absolute atomic E-state index is 0.745. The summed E-state index contributed by atoms with van der Waals surface area (Å²) in [5, 5.41) is 0. The van der Waals surface area contributed by atoms with Gasteiger partial charge < -0.3 is 9.64 Å². The predicted octanol–water partition coefficient (Wildman–Crippen LogP) is 3.04. The van der Waals surface area contributed by atoms with E-state index in [9.17, 15) is 0 Å². The van der Waals surface area contributed by atoms with E-state index >= 15 is 0 Å². The molecule has 2 nitrogen and oxygen atoms in total. The van der Waals surface area contributed by atoms with E-state index in [0.29, 0.717) is 0 Å². The van der Waals surface area contributed by atoms with Crippen LogP contribution < -0.4 is 4.74 Å². The third-order valence-electron chi connectivity index (χ3n) is 4.54. The Hall–Kier alpha value is -1.02. The average Bonchev–Trinajstić information content (AvgIpc) is 2.47. The SMILES string of the molecule is COc1cccc2c1C[C@H](N1CCCCC1)CC2. The molecule has 0 N–H and O–H groups in total. The molecule has 0 saturated carbocycles. The van der Waals surface area contributed by atoms with Gasteiger partial charge in [0.15, 0.2) is 0 Å². The monoisotopic (exact) mass is 245 g/mol. The van der Waals surface area contributed by atoms with Crippen molar-refractivity contribution in [1.29, 1.82) is 0 Å². The minimum Gasteiger partial charge on any atom is -0.496 e. The number of hydrogen-bond acceptors (Lipinski definition) is 2. The summed E-state index contributed by atoms with van der Waals surface area (Å²) >= 11 is 0. The summed E-state index contributed by atoms with van der Waals surface area (Å²) in [5.74, 6) is 1.09. The van der Waals surface area contributed by atoms with Gasteiger partial charge in [0.1, 0.15) is 5.75 Å². The maximum absolute atomic E-state index is 5.53. The number of methoxy groups -OCH3 is 1. The number of ether oxygens (including phenoxy) is 1. The van der Waals surface area contributed by atoms with Crippen molar-refractivity contribution >= 4 is 0 Å². The average molecular weight is 245 g/mol. The lowest BCUT2D eigenvalue weighted by Gasteiger charge is -2.37. The molecule has 0 bridgehead atoms. The number of piperidine rings is 1. The Morgan fingerprint density at radius 2 is 2.00 bits per heavy atom. The van der Waals surface area contributed by atoms with Gasteiger partial charge in [-0.05, 0) is 62.4 Å². The van der Waals surface area contributed by atoms with E-state index < -0.39 is 0 Å². The van der Waals surface area contributed by atoms with Crippen molar-refractivity contribution < 1.29 is 4.74 Å². The van der Waals surface area contributed by atoms with Crippen LogP contribution in [-0.2, 0) is 12.8 Å². The van der Waals surface area contributed by atoms with Gasteiger partial charge in [-0.3, -0.25) is 0 Å². The Kier molecular flexibility index (Phi) is 3.55. The molecule has 0 unspecified atom stereocenters. The van der Waals surface area contributed by atoms with Crippen LogP contribution in [0.2, 0.25) is 0 Å². The zero-order chi connectivity index (χ0) is 12.4. The smallest absolute Gasteiger partial charge is 0.122 e. The second-order valence-electron chi connectivity index (χ2n) is 5.59. The van der Waals surface area contributed by atoms with Crippen LogP contribution >= 0.6 is 0 Å². The van der Waals surface area contributed by atoms with Crippen molar-refractivity contribution in [3.8, 4) is 5.75 Å². The first-order valence-corrected chi connectivity index (χ1v) is 7.27. The predicted molar refractivity (Wildman–Crippen MR) is 74.2 cm³/mol. The molecule has 0 aromatic heterocycles. The zero-order valence-electron chi connectivity index (χ0n) is 11.3. The fraction of sp³-hybridized carbons (Fsp3) is 0.625. The Morgan fingerprint density at radius 1 is 1.17 bits per heavy atom. The van der Waals surface area contributed by atoms with Gasteiger partial charge in [0.2, 0.25) is 0 Å². The summed E-state index contributed by atoms with van der Waals surface area (Å²) in [7, 11) is 1.79. The second kappa shape index (κ2) is 5.31. The summed E-state index contributed by atoms with van der Waals surface area (Å²) in [6, 6.07) is 7.25. The summed E-state index contributed by atoms with van der Waals surface area (Å²) in [6.45, 7) is 2.60. The standard InChI is InChI=1S/C16H23NO/c1-18-16-7-5-6-13-8-9-14(12-15(13)16)17-10-3-2-4-11-17/h5-7,14H,2-4,8-12H2,1H3/t14-/m1/s1. The maximum atomic E-state index is 5.53. The summed E-state index contributed by atoms with van der Waals surface area (Å²) < 4.78 is 5.53. The van der Waals surface area contributed by atoms with Crippen LogP contribution in [0.15, 0.2) is 18.2 Å². The Labute approximate surface area is 110 Å². The fourth-order valence-electron chi connectivity index (χ4n) is 3.52. The molecule has 1 aromatic carbocycles. The van der Waals surface area contributed by atoms with Crippen molar-refractivity contribution in [2.45, 2.75) is 44.6 Å². The molecule has 0 amide bonds. The van der Waals surface area contributed by atoms with Crippen LogP contribution in [0.3, 0.4) is 0 Å². The molecule has 3 rings (SSSR count). The molecular weight excluding hydrogens is 222 g/mol. The van der Waals surface area contributed by atoms with Crippen LogP contribution in [0, 0.1) is 0 Å². The maximum Gasteiger partial charge on any atom is 0.122 e. The van der Waals surface area contributed by atoms with Crippen molar-refractivity contribution in [1.82, 2.24) is 4.90 Å². The Balaban J connectivity index is 1.79. The minimum atomic E-state index is 0.745. The van der Waals surface area contributed by atoms with Crippen molar-refractivity contribution in [2.75, 3.05) is 20.2 Å². The number of likely N-dealkylation sites (tertiary alicyclic amines) is 1. The van der Waals surface area contributed by atoms with Gasteiger partial charge in [0, 0.05) is 6.04 Å². The van der Waals surface area contributed by atoms with Crippen LogP contribution in [0.5, 0.6) is 5.75 Å². The number of nitrogens with zero attached hydrogens (tertiary/aromatic N) is 1. The van der Waals surface area contributed by atoms with Crippen LogP contribution in [0.4, 0.5) is 0 Å². The van der Waals surface area contributed by atoms with Crippen LogP contribution in [0.25, 0.3) is 0 Å². The molecule has 1 aliphatic carbocycles. The van der Waals surface area contributed by atoms with Gasteiger partial charge in [-0.25, -0.2) is 0 Å². The van der Waals surface area contributed by atoms with Gasteiger partial charge in [-0.15, -0.1) is 0 Å². The normalized spacial score (nSPS) is 24.6. The van der Waals surface area contributed by atoms with Gasteiger partial charge >= 0.3 is 0 Å². The van der Waals surface area contributed by atoms with E-state index in [2.05, 4.69) is 23.1 Å². The third-order valence-corrected chi connectivity index (χ3v) is 4.54. The topological polar surface area (TPSA) is 12.5 Å². The highest BCUT2D eigenvalue weighted by atomic mass is 16.5. The van der Waals surface area contributed by atoms with Crippen LogP contribution in [-0.4, -0.2) is 31.1 Å². The van der Waals surface area contributed by atoms with E-state index in [0.717, 1.165) is 11.8 Å². The Bertz CT molecular complexity index is 395. The van der Waals surface area contributed by atoms with Gasteiger partial charge in [-0.1, -0.05) is 18.6 Å². The summed E-state index contributed by atoms with van der Waals surface area (Å²) in [4.78, 5) is 2.71. The van der Waals surface area contributed by atoms with Gasteiger partial charge in [0.05, 0.1) is 7.11 Å². The summed E-state index contributed by atoms with van der Waals surface area (Å²) in [5.41, 5.74) is 2.96. The van der Waals surface area contributed by atoms with E-state index in [1.54, 1.807) is 7.11 Å². The number of rotatable bonds is 2. The van der Waals surface area contributed by atoms with Gasteiger partial charge in [-0.2, -0.15) is 0 Å². The third kappa shape index (κ3) is 2.26.